The third kappa shape index (κ3) is 2.75. The Balaban J connectivity index is 2.11. The minimum absolute atomic E-state index is 0.408. The lowest BCUT2D eigenvalue weighted by atomic mass is 10.1. The zero-order valence-electron chi connectivity index (χ0n) is 10.9. The first-order chi connectivity index (χ1) is 8.58. The predicted molar refractivity (Wildman–Crippen MR) is 74.6 cm³/mol. The van der Waals surface area contributed by atoms with Gasteiger partial charge in [0.05, 0.1) is 5.56 Å². The van der Waals surface area contributed by atoms with Crippen molar-refractivity contribution in [2.75, 3.05) is 24.2 Å². The van der Waals surface area contributed by atoms with Crippen molar-refractivity contribution in [3.63, 3.8) is 0 Å². The summed E-state index contributed by atoms with van der Waals surface area (Å²) in [4.78, 5) is 13.4. The lowest BCUT2D eigenvalue weighted by Gasteiger charge is -2.23. The first-order valence-corrected chi connectivity index (χ1v) is 6.48. The van der Waals surface area contributed by atoms with Gasteiger partial charge < -0.3 is 16.4 Å². The highest BCUT2D eigenvalue weighted by Gasteiger charge is 2.17. The molecule has 0 bridgehead atoms. The second kappa shape index (κ2) is 5.29. The fourth-order valence-corrected chi connectivity index (χ4v) is 2.68. The maximum Gasteiger partial charge on any atom is 0.250 e. The Bertz CT molecular complexity index is 439. The van der Waals surface area contributed by atoms with E-state index in [1.807, 2.05) is 6.07 Å². The van der Waals surface area contributed by atoms with Crippen molar-refractivity contribution in [2.45, 2.75) is 25.7 Å². The van der Waals surface area contributed by atoms with Crippen LogP contribution in [0.4, 0.5) is 11.4 Å². The number of carbonyl (C=O) groups is 1. The molecule has 1 aliphatic rings. The first-order valence-electron chi connectivity index (χ1n) is 6.48. The summed E-state index contributed by atoms with van der Waals surface area (Å²) in [5.41, 5.74) is 12.9. The second-order valence-corrected chi connectivity index (χ2v) is 5.17. The van der Waals surface area contributed by atoms with Gasteiger partial charge in [-0.25, -0.2) is 0 Å². The summed E-state index contributed by atoms with van der Waals surface area (Å²) < 4.78 is 0. The van der Waals surface area contributed by atoms with Crippen molar-refractivity contribution >= 4 is 17.3 Å². The largest absolute Gasteiger partial charge is 0.398 e. The van der Waals surface area contributed by atoms with Gasteiger partial charge >= 0.3 is 0 Å². The van der Waals surface area contributed by atoms with E-state index in [4.69, 9.17) is 11.5 Å². The molecule has 98 valence electrons. The molecule has 1 amide bonds. The van der Waals surface area contributed by atoms with Crippen molar-refractivity contribution in [3.8, 4) is 0 Å². The molecule has 2 rings (SSSR count). The lowest BCUT2D eigenvalue weighted by Crippen LogP contribution is -2.24. The maximum atomic E-state index is 11.3. The number of nitrogen functional groups attached to an aromatic ring is 1. The molecular weight excluding hydrogens is 226 g/mol. The van der Waals surface area contributed by atoms with Crippen LogP contribution in [0.1, 0.15) is 36.0 Å². The highest BCUT2D eigenvalue weighted by Crippen LogP contribution is 2.27. The first kappa shape index (κ1) is 12.7. The third-order valence-corrected chi connectivity index (χ3v) is 3.75. The van der Waals surface area contributed by atoms with Gasteiger partial charge in [0.25, 0.3) is 5.91 Å². The quantitative estimate of drug-likeness (QED) is 0.799. The Morgan fingerprint density at radius 1 is 1.39 bits per heavy atom. The van der Waals surface area contributed by atoms with Crippen LogP contribution in [-0.4, -0.2) is 19.5 Å². The van der Waals surface area contributed by atoms with E-state index in [0.29, 0.717) is 11.3 Å². The fourth-order valence-electron chi connectivity index (χ4n) is 2.68. The van der Waals surface area contributed by atoms with Crippen LogP contribution in [0.25, 0.3) is 0 Å². The SMILES string of the molecule is CN(CC1CCCC1)c1ccc(N)c(C(N)=O)c1. The molecule has 0 aliphatic heterocycles. The molecule has 4 N–H and O–H groups in total. The van der Waals surface area contributed by atoms with E-state index in [-0.39, 0.29) is 0 Å². The molecular formula is C14H21N3O. The van der Waals surface area contributed by atoms with Crippen molar-refractivity contribution < 1.29 is 4.79 Å². The van der Waals surface area contributed by atoms with E-state index in [1.165, 1.54) is 25.7 Å². The molecule has 0 radical (unpaired) electrons. The molecule has 1 saturated carbocycles. The van der Waals surface area contributed by atoms with Crippen LogP contribution in [0.2, 0.25) is 0 Å². The van der Waals surface area contributed by atoms with Gasteiger partial charge in [0.2, 0.25) is 0 Å². The standard InChI is InChI=1S/C14H21N3O/c1-17(9-10-4-2-3-5-10)11-6-7-13(15)12(8-11)14(16)18/h6-8,10H,2-5,9,15H2,1H3,(H2,16,18). The number of primary amides is 1. The monoisotopic (exact) mass is 247 g/mol. The van der Waals surface area contributed by atoms with Crippen LogP contribution >= 0.6 is 0 Å². The molecule has 0 aromatic heterocycles. The fraction of sp³-hybridized carbons (Fsp3) is 0.500. The van der Waals surface area contributed by atoms with Gasteiger partial charge in [0.15, 0.2) is 0 Å². The molecule has 1 aromatic rings. The van der Waals surface area contributed by atoms with Crippen molar-refractivity contribution in [1.29, 1.82) is 0 Å². The number of nitrogens with zero attached hydrogens (tertiary/aromatic N) is 1. The van der Waals surface area contributed by atoms with Gasteiger partial charge in [0.1, 0.15) is 0 Å². The number of anilines is 2. The lowest BCUT2D eigenvalue weighted by molar-refractivity contribution is 0.100. The van der Waals surface area contributed by atoms with E-state index in [0.717, 1.165) is 18.2 Å². The van der Waals surface area contributed by atoms with E-state index >= 15 is 0 Å². The van der Waals surface area contributed by atoms with Crippen LogP contribution in [0.15, 0.2) is 18.2 Å². The summed E-state index contributed by atoms with van der Waals surface area (Å²) in [7, 11) is 2.05. The summed E-state index contributed by atoms with van der Waals surface area (Å²) in [6, 6.07) is 5.48. The van der Waals surface area contributed by atoms with Crippen LogP contribution in [-0.2, 0) is 0 Å². The van der Waals surface area contributed by atoms with E-state index in [1.54, 1.807) is 12.1 Å². The Morgan fingerprint density at radius 3 is 2.67 bits per heavy atom. The smallest absolute Gasteiger partial charge is 0.250 e. The van der Waals surface area contributed by atoms with Crippen LogP contribution in [0.5, 0.6) is 0 Å². The van der Waals surface area contributed by atoms with Crippen molar-refractivity contribution in [1.82, 2.24) is 0 Å². The Hall–Kier alpha value is -1.71. The topological polar surface area (TPSA) is 72.3 Å². The van der Waals surface area contributed by atoms with Gasteiger partial charge in [0, 0.05) is 25.0 Å². The third-order valence-electron chi connectivity index (χ3n) is 3.75. The van der Waals surface area contributed by atoms with Crippen LogP contribution in [0.3, 0.4) is 0 Å². The highest BCUT2D eigenvalue weighted by atomic mass is 16.1. The molecule has 0 spiro atoms. The van der Waals surface area contributed by atoms with Crippen LogP contribution < -0.4 is 16.4 Å². The molecule has 1 aromatic carbocycles. The normalized spacial score (nSPS) is 15.8. The highest BCUT2D eigenvalue weighted by molar-refractivity contribution is 5.99. The number of hydrogen-bond donors (Lipinski definition) is 2. The number of hydrogen-bond acceptors (Lipinski definition) is 3. The zero-order valence-corrected chi connectivity index (χ0v) is 10.9. The number of carbonyl (C=O) groups excluding carboxylic acids is 1. The Morgan fingerprint density at radius 2 is 2.06 bits per heavy atom. The maximum absolute atomic E-state index is 11.3. The van der Waals surface area contributed by atoms with Gasteiger partial charge in [-0.3, -0.25) is 4.79 Å². The summed E-state index contributed by atoms with van der Waals surface area (Å²) in [5, 5.41) is 0. The average molecular weight is 247 g/mol. The summed E-state index contributed by atoms with van der Waals surface area (Å²) >= 11 is 0. The molecule has 0 unspecified atom stereocenters. The van der Waals surface area contributed by atoms with Crippen molar-refractivity contribution in [2.24, 2.45) is 11.7 Å². The predicted octanol–water partition coefficient (Wildman–Crippen LogP) is 1.99. The Kier molecular flexibility index (Phi) is 3.75. The number of nitrogens with two attached hydrogens (primary N) is 2. The molecule has 1 aliphatic carbocycles. The Labute approximate surface area is 108 Å². The summed E-state index contributed by atoms with van der Waals surface area (Å²) in [5.74, 6) is 0.299. The van der Waals surface area contributed by atoms with Gasteiger partial charge in [-0.2, -0.15) is 0 Å². The van der Waals surface area contributed by atoms with E-state index in [9.17, 15) is 4.79 Å². The molecule has 0 heterocycles. The summed E-state index contributed by atoms with van der Waals surface area (Å²) in [6.45, 7) is 1.03. The van der Waals surface area contributed by atoms with Gasteiger partial charge in [-0.1, -0.05) is 12.8 Å². The zero-order chi connectivity index (χ0) is 13.1. The average Bonchev–Trinajstić information content (AvgIpc) is 2.81. The van der Waals surface area contributed by atoms with E-state index in [2.05, 4.69) is 11.9 Å². The van der Waals surface area contributed by atoms with Crippen molar-refractivity contribution in [3.05, 3.63) is 23.8 Å². The minimum Gasteiger partial charge on any atom is -0.398 e. The molecule has 18 heavy (non-hydrogen) atoms. The molecule has 4 nitrogen and oxygen atoms in total. The molecule has 0 saturated heterocycles. The molecule has 1 fully saturated rings. The second-order valence-electron chi connectivity index (χ2n) is 5.17. The van der Waals surface area contributed by atoms with E-state index < -0.39 is 5.91 Å². The molecule has 4 heteroatoms. The van der Waals surface area contributed by atoms with Crippen LogP contribution in [0, 0.1) is 5.92 Å². The number of benzene rings is 1. The number of rotatable bonds is 4. The molecule has 0 atom stereocenters. The van der Waals surface area contributed by atoms with Gasteiger partial charge in [-0.05, 0) is 37.0 Å². The summed E-state index contributed by atoms with van der Waals surface area (Å²) in [6.07, 6.45) is 5.30. The van der Waals surface area contributed by atoms with Gasteiger partial charge in [-0.15, -0.1) is 0 Å². The number of amides is 1. The minimum atomic E-state index is -0.469.